The maximum absolute atomic E-state index is 13.9. The number of hydrogen-bond acceptors (Lipinski definition) is 2. The molecule has 0 bridgehead atoms. The van der Waals surface area contributed by atoms with Gasteiger partial charge >= 0.3 is 6.03 Å². The molecular weight excluding hydrogens is 383 g/mol. The fraction of sp³-hybridized carbons (Fsp3) is 0.391. The maximum atomic E-state index is 13.9. The number of quaternary nitrogens is 1. The van der Waals surface area contributed by atoms with Crippen molar-refractivity contribution in [3.63, 3.8) is 0 Å². The number of urea groups is 1. The predicted molar refractivity (Wildman–Crippen MR) is 114 cm³/mol. The Labute approximate surface area is 177 Å². The van der Waals surface area contributed by atoms with Crippen LogP contribution in [-0.4, -0.2) is 49.1 Å². The van der Waals surface area contributed by atoms with Gasteiger partial charge in [0, 0.05) is 23.7 Å². The summed E-state index contributed by atoms with van der Waals surface area (Å²) >= 11 is 0. The van der Waals surface area contributed by atoms with Crippen LogP contribution in [-0.2, 0) is 13.1 Å². The highest BCUT2D eigenvalue weighted by atomic mass is 19.1. The summed E-state index contributed by atoms with van der Waals surface area (Å²) in [5, 5.41) is 5.57. The third kappa shape index (κ3) is 6.03. The molecule has 1 aliphatic rings. The first kappa shape index (κ1) is 21.8. The first-order chi connectivity index (χ1) is 14.4. The van der Waals surface area contributed by atoms with Crippen LogP contribution in [0.2, 0.25) is 0 Å². The second-order valence-corrected chi connectivity index (χ2v) is 7.99. The molecule has 3 N–H and O–H groups in total. The van der Waals surface area contributed by atoms with Gasteiger partial charge in [0.15, 0.2) is 0 Å². The molecule has 0 aromatic heterocycles. The topological polar surface area (TPSA) is 65.9 Å². The zero-order valence-electron chi connectivity index (χ0n) is 17.6. The second-order valence-electron chi connectivity index (χ2n) is 7.99. The lowest BCUT2D eigenvalue weighted by Gasteiger charge is -2.32. The van der Waals surface area contributed by atoms with E-state index < -0.39 is 0 Å². The van der Waals surface area contributed by atoms with Crippen LogP contribution in [0.25, 0.3) is 0 Å². The van der Waals surface area contributed by atoms with Crippen molar-refractivity contribution >= 4 is 11.9 Å². The van der Waals surface area contributed by atoms with E-state index >= 15 is 0 Å². The molecule has 0 unspecified atom stereocenters. The number of benzene rings is 2. The molecule has 1 heterocycles. The highest BCUT2D eigenvalue weighted by Crippen LogP contribution is 2.09. The Hall–Kier alpha value is -2.93. The maximum Gasteiger partial charge on any atom is 0.315 e. The number of rotatable bonds is 6. The van der Waals surface area contributed by atoms with E-state index in [2.05, 4.69) is 10.6 Å². The van der Waals surface area contributed by atoms with Crippen molar-refractivity contribution in [2.75, 3.05) is 26.2 Å². The van der Waals surface area contributed by atoms with Crippen LogP contribution < -0.4 is 15.5 Å². The predicted octanol–water partition coefficient (Wildman–Crippen LogP) is 1.57. The van der Waals surface area contributed by atoms with Gasteiger partial charge in [-0.1, -0.05) is 30.3 Å². The molecule has 30 heavy (non-hydrogen) atoms. The molecule has 0 radical (unpaired) electrons. The summed E-state index contributed by atoms with van der Waals surface area (Å²) in [5.41, 5.74) is 2.30. The van der Waals surface area contributed by atoms with E-state index in [1.54, 1.807) is 18.2 Å². The van der Waals surface area contributed by atoms with Gasteiger partial charge in [-0.3, -0.25) is 4.79 Å². The number of carbonyl (C=O) groups is 2. The summed E-state index contributed by atoms with van der Waals surface area (Å²) in [6, 6.07) is 14.1. The van der Waals surface area contributed by atoms with E-state index in [-0.39, 0.29) is 23.8 Å². The summed E-state index contributed by atoms with van der Waals surface area (Å²) < 4.78 is 13.9. The van der Waals surface area contributed by atoms with Crippen molar-refractivity contribution in [1.82, 2.24) is 15.5 Å². The van der Waals surface area contributed by atoms with Crippen LogP contribution in [0.3, 0.4) is 0 Å². The van der Waals surface area contributed by atoms with Gasteiger partial charge in [0.2, 0.25) is 0 Å². The Bertz CT molecular complexity index is 862. The number of piperazine rings is 1. The lowest BCUT2D eigenvalue weighted by molar-refractivity contribution is -0.917. The first-order valence-corrected chi connectivity index (χ1v) is 10.4. The third-order valence-corrected chi connectivity index (χ3v) is 5.23. The van der Waals surface area contributed by atoms with E-state index in [9.17, 15) is 14.0 Å². The Kier molecular flexibility index (Phi) is 7.41. The molecule has 2 aromatic carbocycles. The van der Waals surface area contributed by atoms with Crippen molar-refractivity contribution in [3.05, 3.63) is 71.0 Å². The van der Waals surface area contributed by atoms with Gasteiger partial charge in [0.05, 0.1) is 26.2 Å². The molecule has 1 fully saturated rings. The van der Waals surface area contributed by atoms with Crippen molar-refractivity contribution in [2.24, 2.45) is 0 Å². The van der Waals surface area contributed by atoms with Crippen molar-refractivity contribution in [2.45, 2.75) is 33.0 Å². The Morgan fingerprint density at radius 1 is 1.07 bits per heavy atom. The number of hydrogen-bond donors (Lipinski definition) is 3. The van der Waals surface area contributed by atoms with Crippen LogP contribution >= 0.6 is 0 Å². The number of halogens is 1. The molecule has 1 saturated heterocycles. The Morgan fingerprint density at radius 3 is 2.37 bits per heavy atom. The lowest BCUT2D eigenvalue weighted by Crippen LogP contribution is -3.13. The Balaban J connectivity index is 1.48. The van der Waals surface area contributed by atoms with Crippen LogP contribution in [0.4, 0.5) is 9.18 Å². The van der Waals surface area contributed by atoms with Crippen molar-refractivity contribution in [3.8, 4) is 0 Å². The molecular formula is C23H30FN4O2+. The van der Waals surface area contributed by atoms with E-state index in [0.29, 0.717) is 31.7 Å². The molecule has 0 atom stereocenters. The fourth-order valence-electron chi connectivity index (χ4n) is 3.56. The quantitative estimate of drug-likeness (QED) is 0.673. The van der Waals surface area contributed by atoms with Crippen molar-refractivity contribution < 1.29 is 18.9 Å². The molecule has 1 aliphatic heterocycles. The second kappa shape index (κ2) is 10.2. The molecule has 6 nitrogen and oxygen atoms in total. The molecule has 160 valence electrons. The standard InChI is InChI=1S/C23H29FN4O2/c1-17(2)26-23(30)25-15-18-7-9-19(10-8-18)22(29)28-13-11-27(12-14-28)16-20-5-3-4-6-21(20)24/h3-10,17H,11-16H2,1-2H3,(H2,25,26,30)/p+1. The zero-order chi connectivity index (χ0) is 21.5. The number of nitrogens with zero attached hydrogens (tertiary/aromatic N) is 1. The molecule has 0 saturated carbocycles. The van der Waals surface area contributed by atoms with Crippen molar-refractivity contribution in [1.29, 1.82) is 0 Å². The van der Waals surface area contributed by atoms with E-state index in [1.165, 1.54) is 11.0 Å². The summed E-state index contributed by atoms with van der Waals surface area (Å²) in [6.07, 6.45) is 0. The van der Waals surface area contributed by atoms with Gasteiger partial charge in [-0.25, -0.2) is 9.18 Å². The summed E-state index contributed by atoms with van der Waals surface area (Å²) in [4.78, 5) is 27.6. The molecule has 2 aromatic rings. The zero-order valence-corrected chi connectivity index (χ0v) is 17.6. The Morgan fingerprint density at radius 2 is 1.73 bits per heavy atom. The van der Waals surface area contributed by atoms with Gasteiger partial charge in [0.1, 0.15) is 12.4 Å². The molecule has 0 spiro atoms. The largest absolute Gasteiger partial charge is 0.336 e. The molecule has 0 aliphatic carbocycles. The number of amides is 3. The van der Waals surface area contributed by atoms with Gasteiger partial charge in [-0.05, 0) is 37.6 Å². The molecule has 3 amide bonds. The highest BCUT2D eigenvalue weighted by Gasteiger charge is 2.25. The van der Waals surface area contributed by atoms with Crippen LogP contribution in [0.15, 0.2) is 48.5 Å². The molecule has 3 rings (SSSR count). The van der Waals surface area contributed by atoms with Crippen LogP contribution in [0.1, 0.15) is 35.3 Å². The summed E-state index contributed by atoms with van der Waals surface area (Å²) in [5.74, 6) is -0.156. The number of nitrogens with one attached hydrogen (secondary N) is 3. The number of carbonyl (C=O) groups excluding carboxylic acids is 2. The van der Waals surface area contributed by atoms with Gasteiger partial charge in [0.25, 0.3) is 5.91 Å². The minimum atomic E-state index is -0.207. The SMILES string of the molecule is CC(C)NC(=O)NCc1ccc(C(=O)N2CC[NH+](Cc3ccccc3F)CC2)cc1. The smallest absolute Gasteiger partial charge is 0.315 e. The van der Waals surface area contributed by atoms with Gasteiger partial charge < -0.3 is 20.4 Å². The summed E-state index contributed by atoms with van der Waals surface area (Å²) in [7, 11) is 0. The van der Waals surface area contributed by atoms with E-state index in [1.807, 2.05) is 43.0 Å². The monoisotopic (exact) mass is 413 g/mol. The fourth-order valence-corrected chi connectivity index (χ4v) is 3.56. The third-order valence-electron chi connectivity index (χ3n) is 5.23. The van der Waals surface area contributed by atoms with Gasteiger partial charge in [-0.15, -0.1) is 0 Å². The van der Waals surface area contributed by atoms with Crippen LogP contribution in [0, 0.1) is 5.82 Å². The average Bonchev–Trinajstić information content (AvgIpc) is 2.74. The first-order valence-electron chi connectivity index (χ1n) is 10.4. The normalized spacial score (nSPS) is 14.6. The van der Waals surface area contributed by atoms with E-state index in [4.69, 9.17) is 0 Å². The minimum absolute atomic E-state index is 0.0111. The highest BCUT2D eigenvalue weighted by molar-refractivity contribution is 5.94. The van der Waals surface area contributed by atoms with E-state index in [0.717, 1.165) is 24.2 Å². The summed E-state index contributed by atoms with van der Waals surface area (Å²) in [6.45, 7) is 7.76. The minimum Gasteiger partial charge on any atom is -0.336 e. The molecule has 7 heteroatoms. The lowest BCUT2D eigenvalue weighted by atomic mass is 10.1. The van der Waals surface area contributed by atoms with Gasteiger partial charge in [-0.2, -0.15) is 0 Å². The average molecular weight is 414 g/mol. The van der Waals surface area contributed by atoms with Crippen LogP contribution in [0.5, 0.6) is 0 Å².